The number of hydrogen-bond donors (Lipinski definition) is 2. The van der Waals surface area contributed by atoms with Gasteiger partial charge in [0, 0.05) is 32.4 Å². The van der Waals surface area contributed by atoms with Gasteiger partial charge in [-0.2, -0.15) is 0 Å². The monoisotopic (exact) mass is 278 g/mol. The number of pyridine rings is 1. The zero-order valence-corrected chi connectivity index (χ0v) is 12.8. The SMILES string of the molecule is CCCCCCNC(=NC)NCc1ccc(OC)nc1. The van der Waals surface area contributed by atoms with E-state index in [1.54, 1.807) is 20.4 Å². The Morgan fingerprint density at radius 3 is 2.70 bits per heavy atom. The molecule has 1 heterocycles. The molecule has 1 rings (SSSR count). The largest absolute Gasteiger partial charge is 0.481 e. The first-order chi connectivity index (χ1) is 9.80. The first kappa shape index (κ1) is 16.3. The fourth-order valence-corrected chi connectivity index (χ4v) is 1.80. The minimum Gasteiger partial charge on any atom is -0.481 e. The third-order valence-electron chi connectivity index (χ3n) is 3.01. The smallest absolute Gasteiger partial charge is 0.212 e. The molecule has 0 fully saturated rings. The lowest BCUT2D eigenvalue weighted by Gasteiger charge is -2.11. The second kappa shape index (κ2) is 10.1. The van der Waals surface area contributed by atoms with Crippen molar-refractivity contribution in [1.82, 2.24) is 15.6 Å². The molecule has 0 amide bonds. The van der Waals surface area contributed by atoms with Crippen molar-refractivity contribution in [3.8, 4) is 5.88 Å². The van der Waals surface area contributed by atoms with Crippen molar-refractivity contribution >= 4 is 5.96 Å². The number of aliphatic imine (C=N–C) groups is 1. The first-order valence-electron chi connectivity index (χ1n) is 7.23. The molecule has 5 nitrogen and oxygen atoms in total. The summed E-state index contributed by atoms with van der Waals surface area (Å²) >= 11 is 0. The number of hydrogen-bond acceptors (Lipinski definition) is 3. The summed E-state index contributed by atoms with van der Waals surface area (Å²) in [6, 6.07) is 3.85. The molecule has 0 unspecified atom stereocenters. The molecule has 1 aromatic rings. The van der Waals surface area contributed by atoms with E-state index >= 15 is 0 Å². The van der Waals surface area contributed by atoms with Crippen molar-refractivity contribution in [2.24, 2.45) is 4.99 Å². The van der Waals surface area contributed by atoms with E-state index in [1.165, 1.54) is 25.7 Å². The molecule has 0 saturated heterocycles. The van der Waals surface area contributed by atoms with Crippen LogP contribution in [0.25, 0.3) is 0 Å². The number of aromatic nitrogens is 1. The van der Waals surface area contributed by atoms with Crippen molar-refractivity contribution in [3.05, 3.63) is 23.9 Å². The number of guanidine groups is 1. The summed E-state index contributed by atoms with van der Waals surface area (Å²) in [5, 5.41) is 6.59. The van der Waals surface area contributed by atoms with Crippen molar-refractivity contribution in [2.75, 3.05) is 20.7 Å². The van der Waals surface area contributed by atoms with Crippen LogP contribution in [-0.2, 0) is 6.54 Å². The molecule has 0 aliphatic heterocycles. The summed E-state index contributed by atoms with van der Waals surface area (Å²) in [5.41, 5.74) is 1.10. The standard InChI is InChI=1S/C15H26N4O/c1-4-5-6-7-10-17-15(16-2)19-12-13-8-9-14(20-3)18-11-13/h8-9,11H,4-7,10,12H2,1-3H3,(H2,16,17,19). The number of methoxy groups -OCH3 is 1. The topological polar surface area (TPSA) is 58.5 Å². The molecule has 0 bridgehead atoms. The maximum absolute atomic E-state index is 5.03. The molecule has 0 atom stereocenters. The highest BCUT2D eigenvalue weighted by Crippen LogP contribution is 2.06. The van der Waals surface area contributed by atoms with Crippen molar-refractivity contribution in [1.29, 1.82) is 0 Å². The van der Waals surface area contributed by atoms with Gasteiger partial charge in [0.05, 0.1) is 7.11 Å². The van der Waals surface area contributed by atoms with Crippen LogP contribution in [0, 0.1) is 0 Å². The van der Waals surface area contributed by atoms with E-state index in [4.69, 9.17) is 4.74 Å². The van der Waals surface area contributed by atoms with Crippen molar-refractivity contribution in [3.63, 3.8) is 0 Å². The molecule has 0 spiro atoms. The molecule has 0 radical (unpaired) electrons. The van der Waals surface area contributed by atoms with E-state index in [-0.39, 0.29) is 0 Å². The molecule has 1 aromatic heterocycles. The number of nitrogens with zero attached hydrogens (tertiary/aromatic N) is 2. The summed E-state index contributed by atoms with van der Waals surface area (Å²) < 4.78 is 5.03. The molecule has 0 aliphatic carbocycles. The highest BCUT2D eigenvalue weighted by Gasteiger charge is 1.99. The lowest BCUT2D eigenvalue weighted by Crippen LogP contribution is -2.37. The van der Waals surface area contributed by atoms with Gasteiger partial charge in [0.25, 0.3) is 0 Å². The number of rotatable bonds is 8. The predicted molar refractivity (Wildman–Crippen MR) is 83.1 cm³/mol. The van der Waals surface area contributed by atoms with Gasteiger partial charge in [-0.05, 0) is 12.0 Å². The van der Waals surface area contributed by atoms with Gasteiger partial charge < -0.3 is 15.4 Å². The fourth-order valence-electron chi connectivity index (χ4n) is 1.80. The number of unbranched alkanes of at least 4 members (excludes halogenated alkanes) is 3. The molecule has 5 heteroatoms. The lowest BCUT2D eigenvalue weighted by atomic mass is 10.2. The summed E-state index contributed by atoms with van der Waals surface area (Å²) in [6.07, 6.45) is 6.81. The normalized spacial score (nSPS) is 11.2. The first-order valence-corrected chi connectivity index (χ1v) is 7.23. The zero-order chi connectivity index (χ0) is 14.6. The van der Waals surface area contributed by atoms with Gasteiger partial charge in [0.1, 0.15) is 0 Å². The maximum Gasteiger partial charge on any atom is 0.212 e. The van der Waals surface area contributed by atoms with E-state index in [9.17, 15) is 0 Å². The average molecular weight is 278 g/mol. The Balaban J connectivity index is 2.26. The highest BCUT2D eigenvalue weighted by molar-refractivity contribution is 5.79. The van der Waals surface area contributed by atoms with Crippen LogP contribution in [0.2, 0.25) is 0 Å². The van der Waals surface area contributed by atoms with Gasteiger partial charge in [-0.3, -0.25) is 4.99 Å². The Bertz CT molecular complexity index is 389. The molecule has 20 heavy (non-hydrogen) atoms. The third kappa shape index (κ3) is 6.41. The maximum atomic E-state index is 5.03. The molecular formula is C15H26N4O. The fraction of sp³-hybridized carbons (Fsp3) is 0.600. The molecule has 2 N–H and O–H groups in total. The van der Waals surface area contributed by atoms with Crippen LogP contribution in [0.5, 0.6) is 5.88 Å². The van der Waals surface area contributed by atoms with Gasteiger partial charge in [0.2, 0.25) is 5.88 Å². The molecule has 0 aromatic carbocycles. The second-order valence-corrected chi connectivity index (χ2v) is 4.62. The van der Waals surface area contributed by atoms with E-state index in [2.05, 4.69) is 27.5 Å². The Kier molecular flexibility index (Phi) is 8.19. The summed E-state index contributed by atoms with van der Waals surface area (Å²) in [7, 11) is 3.40. The predicted octanol–water partition coefficient (Wildman–Crippen LogP) is 2.34. The van der Waals surface area contributed by atoms with Crippen LogP contribution in [0.1, 0.15) is 38.2 Å². The lowest BCUT2D eigenvalue weighted by molar-refractivity contribution is 0.397. The van der Waals surface area contributed by atoms with E-state index < -0.39 is 0 Å². The van der Waals surface area contributed by atoms with Crippen molar-refractivity contribution < 1.29 is 4.74 Å². The minimum absolute atomic E-state index is 0.632. The van der Waals surface area contributed by atoms with Gasteiger partial charge in [-0.15, -0.1) is 0 Å². The second-order valence-electron chi connectivity index (χ2n) is 4.62. The molecule has 112 valence electrons. The molecule has 0 aliphatic rings. The quantitative estimate of drug-likeness (QED) is 0.435. The summed E-state index contributed by atoms with van der Waals surface area (Å²) in [6.45, 7) is 3.88. The Morgan fingerprint density at radius 1 is 1.25 bits per heavy atom. The van der Waals surface area contributed by atoms with Crippen LogP contribution in [0.15, 0.2) is 23.3 Å². The summed E-state index contributed by atoms with van der Waals surface area (Å²) in [5.74, 6) is 1.46. The third-order valence-corrected chi connectivity index (χ3v) is 3.01. The zero-order valence-electron chi connectivity index (χ0n) is 12.8. The van der Waals surface area contributed by atoms with Crippen molar-refractivity contribution in [2.45, 2.75) is 39.2 Å². The van der Waals surface area contributed by atoms with E-state index in [0.29, 0.717) is 12.4 Å². The highest BCUT2D eigenvalue weighted by atomic mass is 16.5. The van der Waals surface area contributed by atoms with Gasteiger partial charge in [-0.25, -0.2) is 4.98 Å². The van der Waals surface area contributed by atoms with Crippen LogP contribution in [-0.4, -0.2) is 31.6 Å². The Morgan fingerprint density at radius 2 is 2.10 bits per heavy atom. The Labute approximate surface area is 121 Å². The van der Waals surface area contributed by atoms with E-state index in [0.717, 1.165) is 18.1 Å². The average Bonchev–Trinajstić information content (AvgIpc) is 2.50. The molecule has 0 saturated carbocycles. The van der Waals surface area contributed by atoms with Crippen LogP contribution in [0.4, 0.5) is 0 Å². The van der Waals surface area contributed by atoms with Gasteiger partial charge in [0.15, 0.2) is 5.96 Å². The van der Waals surface area contributed by atoms with Crippen LogP contribution < -0.4 is 15.4 Å². The number of ether oxygens (including phenoxy) is 1. The van der Waals surface area contributed by atoms with Crippen LogP contribution >= 0.6 is 0 Å². The summed E-state index contributed by atoms with van der Waals surface area (Å²) in [4.78, 5) is 8.38. The van der Waals surface area contributed by atoms with E-state index in [1.807, 2.05) is 12.1 Å². The number of nitrogens with one attached hydrogen (secondary N) is 2. The Hall–Kier alpha value is -1.78. The minimum atomic E-state index is 0.632. The van der Waals surface area contributed by atoms with Gasteiger partial charge >= 0.3 is 0 Å². The molecular weight excluding hydrogens is 252 g/mol. The van der Waals surface area contributed by atoms with Gasteiger partial charge in [-0.1, -0.05) is 32.3 Å². The van der Waals surface area contributed by atoms with Crippen LogP contribution in [0.3, 0.4) is 0 Å².